The maximum Gasteiger partial charge on any atom is 0.258 e. The van der Waals surface area contributed by atoms with Gasteiger partial charge in [-0.15, -0.1) is 0 Å². The summed E-state index contributed by atoms with van der Waals surface area (Å²) >= 11 is 5.83. The molecule has 9 heteroatoms. The van der Waals surface area contributed by atoms with Gasteiger partial charge in [-0.2, -0.15) is 4.98 Å². The van der Waals surface area contributed by atoms with Crippen molar-refractivity contribution in [2.75, 3.05) is 20.8 Å². The van der Waals surface area contributed by atoms with E-state index in [4.69, 9.17) is 25.6 Å². The molecule has 2 heterocycles. The average molecular weight is 432 g/mol. The van der Waals surface area contributed by atoms with Crippen LogP contribution in [0.4, 0.5) is 4.39 Å². The zero-order valence-corrected chi connectivity index (χ0v) is 17.1. The number of likely N-dealkylation sites (tertiary alicyclic amines) is 1. The third-order valence-corrected chi connectivity index (χ3v) is 5.30. The SMILES string of the molecule is COc1ccc(-c2nc(C3CC(=O)N(Cc4ccc(F)c(Cl)c4)C3)no2)cc1OC. The van der Waals surface area contributed by atoms with Crippen molar-refractivity contribution in [3.05, 3.63) is 58.6 Å². The van der Waals surface area contributed by atoms with Crippen molar-refractivity contribution in [3.8, 4) is 23.0 Å². The minimum absolute atomic E-state index is 0.0297. The van der Waals surface area contributed by atoms with E-state index >= 15 is 0 Å². The predicted octanol–water partition coefficient (Wildman–Crippen LogP) is 4.06. The van der Waals surface area contributed by atoms with E-state index in [9.17, 15) is 9.18 Å². The molecule has 2 aromatic carbocycles. The normalized spacial score (nSPS) is 16.2. The molecular weight excluding hydrogens is 413 g/mol. The lowest BCUT2D eigenvalue weighted by Crippen LogP contribution is -2.24. The Morgan fingerprint density at radius 2 is 2.00 bits per heavy atom. The molecule has 156 valence electrons. The molecule has 0 saturated carbocycles. The Balaban J connectivity index is 1.49. The topological polar surface area (TPSA) is 77.7 Å². The molecular formula is C21H19ClFN3O4. The second kappa shape index (κ2) is 8.31. The van der Waals surface area contributed by atoms with Crippen LogP contribution in [-0.4, -0.2) is 41.7 Å². The van der Waals surface area contributed by atoms with E-state index in [1.165, 1.54) is 12.1 Å². The van der Waals surface area contributed by atoms with Gasteiger partial charge < -0.3 is 18.9 Å². The number of amides is 1. The molecule has 3 aromatic rings. The zero-order chi connectivity index (χ0) is 21.3. The zero-order valence-electron chi connectivity index (χ0n) is 16.4. The lowest BCUT2D eigenvalue weighted by Gasteiger charge is -2.16. The minimum Gasteiger partial charge on any atom is -0.493 e. The van der Waals surface area contributed by atoms with Crippen molar-refractivity contribution in [2.45, 2.75) is 18.9 Å². The Morgan fingerprint density at radius 1 is 1.20 bits per heavy atom. The van der Waals surface area contributed by atoms with E-state index in [1.54, 1.807) is 43.4 Å². The summed E-state index contributed by atoms with van der Waals surface area (Å²) in [4.78, 5) is 18.6. The highest BCUT2D eigenvalue weighted by molar-refractivity contribution is 6.30. The summed E-state index contributed by atoms with van der Waals surface area (Å²) in [5, 5.41) is 4.10. The summed E-state index contributed by atoms with van der Waals surface area (Å²) < 4.78 is 29.3. The maximum atomic E-state index is 13.4. The van der Waals surface area contributed by atoms with Gasteiger partial charge in [0.05, 0.1) is 19.2 Å². The van der Waals surface area contributed by atoms with Gasteiger partial charge in [-0.3, -0.25) is 4.79 Å². The third-order valence-electron chi connectivity index (χ3n) is 5.01. The molecule has 0 N–H and O–H groups in total. The Labute approximate surface area is 177 Å². The first kappa shape index (κ1) is 20.2. The fraction of sp³-hybridized carbons (Fsp3) is 0.286. The molecule has 7 nitrogen and oxygen atoms in total. The van der Waals surface area contributed by atoms with Crippen LogP contribution < -0.4 is 9.47 Å². The number of halogens is 2. The summed E-state index contributed by atoms with van der Waals surface area (Å²) in [7, 11) is 3.11. The highest BCUT2D eigenvalue weighted by Gasteiger charge is 2.34. The number of rotatable bonds is 6. The Morgan fingerprint density at radius 3 is 2.73 bits per heavy atom. The van der Waals surface area contributed by atoms with Gasteiger partial charge >= 0.3 is 0 Å². The molecule has 0 aliphatic carbocycles. The van der Waals surface area contributed by atoms with E-state index in [1.807, 2.05) is 0 Å². The first-order chi connectivity index (χ1) is 14.5. The van der Waals surface area contributed by atoms with E-state index in [0.29, 0.717) is 41.9 Å². The highest BCUT2D eigenvalue weighted by atomic mass is 35.5. The smallest absolute Gasteiger partial charge is 0.258 e. The highest BCUT2D eigenvalue weighted by Crippen LogP contribution is 2.33. The summed E-state index contributed by atoms with van der Waals surface area (Å²) in [5.41, 5.74) is 1.45. The monoisotopic (exact) mass is 431 g/mol. The van der Waals surface area contributed by atoms with Gasteiger partial charge in [0.25, 0.3) is 5.89 Å². The quantitative estimate of drug-likeness (QED) is 0.585. The molecule has 0 bridgehead atoms. The van der Waals surface area contributed by atoms with Crippen LogP contribution in [0.5, 0.6) is 11.5 Å². The Kier molecular flexibility index (Phi) is 5.59. The van der Waals surface area contributed by atoms with Crippen LogP contribution in [0.3, 0.4) is 0 Å². The average Bonchev–Trinajstić information content (AvgIpc) is 3.37. The number of carbonyl (C=O) groups is 1. The van der Waals surface area contributed by atoms with Crippen LogP contribution in [0.1, 0.15) is 23.7 Å². The first-order valence-electron chi connectivity index (χ1n) is 9.26. The van der Waals surface area contributed by atoms with E-state index in [-0.39, 0.29) is 23.3 Å². The molecule has 0 radical (unpaired) electrons. The standard InChI is InChI=1S/C21H19ClFN3O4/c1-28-17-6-4-13(8-18(17)29-2)21-24-20(25-30-21)14-9-19(27)26(11-14)10-12-3-5-16(23)15(22)7-12/h3-8,14H,9-11H2,1-2H3. The van der Waals surface area contributed by atoms with Gasteiger partial charge in [-0.1, -0.05) is 22.8 Å². The van der Waals surface area contributed by atoms with Crippen LogP contribution in [0, 0.1) is 5.82 Å². The number of hydrogen-bond donors (Lipinski definition) is 0. The van der Waals surface area contributed by atoms with Crippen molar-refractivity contribution in [2.24, 2.45) is 0 Å². The van der Waals surface area contributed by atoms with Crippen LogP contribution >= 0.6 is 11.6 Å². The van der Waals surface area contributed by atoms with Gasteiger partial charge in [0, 0.05) is 31.0 Å². The number of nitrogens with zero attached hydrogens (tertiary/aromatic N) is 3. The lowest BCUT2D eigenvalue weighted by atomic mass is 10.1. The predicted molar refractivity (Wildman–Crippen MR) is 107 cm³/mol. The van der Waals surface area contributed by atoms with Gasteiger partial charge in [0.2, 0.25) is 5.91 Å². The molecule has 4 rings (SSSR count). The lowest BCUT2D eigenvalue weighted by molar-refractivity contribution is -0.128. The minimum atomic E-state index is -0.486. The molecule has 1 unspecified atom stereocenters. The molecule has 1 amide bonds. The van der Waals surface area contributed by atoms with Crippen molar-refractivity contribution < 1.29 is 23.2 Å². The van der Waals surface area contributed by atoms with Crippen LogP contribution in [0.15, 0.2) is 40.9 Å². The van der Waals surface area contributed by atoms with E-state index in [0.717, 1.165) is 5.56 Å². The van der Waals surface area contributed by atoms with Crippen molar-refractivity contribution in [3.63, 3.8) is 0 Å². The number of benzene rings is 2. The molecule has 1 fully saturated rings. The summed E-state index contributed by atoms with van der Waals surface area (Å²) in [6, 6.07) is 9.74. The van der Waals surface area contributed by atoms with Gasteiger partial charge in [0.1, 0.15) is 5.82 Å². The maximum absolute atomic E-state index is 13.4. The molecule has 1 saturated heterocycles. The van der Waals surface area contributed by atoms with E-state index in [2.05, 4.69) is 10.1 Å². The second-order valence-corrected chi connectivity index (χ2v) is 7.36. The number of hydrogen-bond acceptors (Lipinski definition) is 6. The largest absolute Gasteiger partial charge is 0.493 e. The summed E-state index contributed by atoms with van der Waals surface area (Å²) in [6.45, 7) is 0.786. The van der Waals surface area contributed by atoms with Crippen molar-refractivity contribution in [1.82, 2.24) is 15.0 Å². The van der Waals surface area contributed by atoms with Crippen LogP contribution in [0.2, 0.25) is 5.02 Å². The summed E-state index contributed by atoms with van der Waals surface area (Å²) in [5.74, 6) is 1.24. The van der Waals surface area contributed by atoms with E-state index < -0.39 is 5.82 Å². The number of aromatic nitrogens is 2. The first-order valence-corrected chi connectivity index (χ1v) is 9.64. The molecule has 30 heavy (non-hydrogen) atoms. The molecule has 1 atom stereocenters. The summed E-state index contributed by atoms with van der Waals surface area (Å²) in [6.07, 6.45) is 0.278. The molecule has 0 spiro atoms. The number of ether oxygens (including phenoxy) is 2. The fourth-order valence-electron chi connectivity index (χ4n) is 3.44. The Bertz CT molecular complexity index is 1090. The number of carbonyl (C=O) groups excluding carboxylic acids is 1. The molecule has 1 aliphatic rings. The fourth-order valence-corrected chi connectivity index (χ4v) is 3.65. The molecule has 1 aliphatic heterocycles. The number of methoxy groups -OCH3 is 2. The molecule has 1 aromatic heterocycles. The van der Waals surface area contributed by atoms with Gasteiger partial charge in [-0.25, -0.2) is 4.39 Å². The van der Waals surface area contributed by atoms with Gasteiger partial charge in [0.15, 0.2) is 17.3 Å². The Hall–Kier alpha value is -3.13. The second-order valence-electron chi connectivity index (χ2n) is 6.95. The van der Waals surface area contributed by atoms with Crippen LogP contribution in [0.25, 0.3) is 11.5 Å². The van der Waals surface area contributed by atoms with Crippen LogP contribution in [-0.2, 0) is 11.3 Å². The van der Waals surface area contributed by atoms with Crippen molar-refractivity contribution >= 4 is 17.5 Å². The van der Waals surface area contributed by atoms with Crippen molar-refractivity contribution in [1.29, 1.82) is 0 Å². The third kappa shape index (κ3) is 3.95. The van der Waals surface area contributed by atoms with Gasteiger partial charge in [-0.05, 0) is 35.9 Å².